The molecule has 2 heterocycles. The first-order chi connectivity index (χ1) is 22.0. The lowest BCUT2D eigenvalue weighted by Crippen LogP contribution is -2.45. The fraction of sp³-hybridized carbons (Fsp3) is 0.209. The maximum atomic E-state index is 2.75. The molecule has 0 bridgehead atoms. The van der Waals surface area contributed by atoms with E-state index in [4.69, 9.17) is 0 Å². The number of fused-ring (bicyclic) bond motifs is 11. The molecule has 1 aromatic heterocycles. The van der Waals surface area contributed by atoms with Gasteiger partial charge in [-0.1, -0.05) is 130 Å². The van der Waals surface area contributed by atoms with Crippen LogP contribution >= 0.6 is 11.3 Å². The van der Waals surface area contributed by atoms with Crippen LogP contribution in [0.3, 0.4) is 0 Å². The van der Waals surface area contributed by atoms with Gasteiger partial charge in [-0.2, -0.15) is 0 Å². The van der Waals surface area contributed by atoms with Crippen molar-refractivity contribution in [3.8, 4) is 0 Å². The largest absolute Gasteiger partial charge is 0.357 e. The van der Waals surface area contributed by atoms with Crippen LogP contribution in [-0.2, 0) is 11.8 Å². The summed E-state index contributed by atoms with van der Waals surface area (Å²) in [6, 6.07) is 32.3. The molecule has 0 amide bonds. The van der Waals surface area contributed by atoms with Gasteiger partial charge in [0.25, 0.3) is 0 Å². The molecule has 218 valence electrons. The molecule has 1 nitrogen and oxygen atoms in total. The minimum Gasteiger partial charge on any atom is -0.357 e. The Morgan fingerprint density at radius 2 is 1.62 bits per heavy atom. The monoisotopic (exact) mass is 597 g/mol. The highest BCUT2D eigenvalue weighted by molar-refractivity contribution is 7.26. The van der Waals surface area contributed by atoms with Gasteiger partial charge in [0, 0.05) is 42.8 Å². The lowest BCUT2D eigenvalue weighted by atomic mass is 9.77. The summed E-state index contributed by atoms with van der Waals surface area (Å²) in [5.41, 5.74) is 14.4. The van der Waals surface area contributed by atoms with Gasteiger partial charge in [-0.3, -0.25) is 0 Å². The number of benzene rings is 4. The Morgan fingerprint density at radius 1 is 0.800 bits per heavy atom. The molecule has 0 spiro atoms. The number of hydrogen-bond donors (Lipinski definition) is 0. The molecule has 0 saturated carbocycles. The van der Waals surface area contributed by atoms with Crippen molar-refractivity contribution in [2.75, 3.05) is 4.90 Å². The molecule has 0 radical (unpaired) electrons. The number of anilines is 1. The van der Waals surface area contributed by atoms with Crippen LogP contribution in [0, 0.1) is 5.92 Å². The maximum Gasteiger partial charge on any atom is 0.0587 e. The van der Waals surface area contributed by atoms with Gasteiger partial charge >= 0.3 is 0 Å². The van der Waals surface area contributed by atoms with E-state index >= 15 is 0 Å². The quantitative estimate of drug-likeness (QED) is 0.196. The molecule has 4 unspecified atom stereocenters. The summed E-state index contributed by atoms with van der Waals surface area (Å²) in [7, 11) is 0. The Balaban J connectivity index is 1.06. The number of allylic oxidation sites excluding steroid dienone is 5. The van der Waals surface area contributed by atoms with Crippen LogP contribution in [0.4, 0.5) is 5.69 Å². The Morgan fingerprint density at radius 3 is 2.53 bits per heavy atom. The van der Waals surface area contributed by atoms with E-state index in [-0.39, 0.29) is 5.41 Å². The minimum absolute atomic E-state index is 0.0397. The third-order valence-corrected chi connectivity index (χ3v) is 12.5. The van der Waals surface area contributed by atoms with Gasteiger partial charge in [-0.05, 0) is 69.0 Å². The summed E-state index contributed by atoms with van der Waals surface area (Å²) in [5, 5.41) is 2.78. The second-order valence-electron chi connectivity index (χ2n) is 14.1. The van der Waals surface area contributed by atoms with E-state index in [1.54, 1.807) is 0 Å². The van der Waals surface area contributed by atoms with E-state index in [9.17, 15) is 0 Å². The molecule has 1 aliphatic heterocycles. The van der Waals surface area contributed by atoms with Gasteiger partial charge in [0.1, 0.15) is 0 Å². The van der Waals surface area contributed by atoms with Crippen LogP contribution < -0.4 is 4.90 Å². The van der Waals surface area contributed by atoms with Crippen molar-refractivity contribution in [1.29, 1.82) is 0 Å². The second-order valence-corrected chi connectivity index (χ2v) is 15.2. The molecule has 5 aliphatic rings. The van der Waals surface area contributed by atoms with Gasteiger partial charge in [0.05, 0.1) is 12.1 Å². The van der Waals surface area contributed by atoms with E-state index in [0.29, 0.717) is 23.9 Å². The summed E-state index contributed by atoms with van der Waals surface area (Å²) < 4.78 is 2.83. The highest BCUT2D eigenvalue weighted by Gasteiger charge is 2.46. The average Bonchev–Trinajstić information content (AvgIpc) is 3.79. The van der Waals surface area contributed by atoms with Crippen LogP contribution in [-0.4, -0.2) is 12.1 Å². The maximum absolute atomic E-state index is 2.75. The van der Waals surface area contributed by atoms with Gasteiger partial charge < -0.3 is 4.90 Å². The molecular formula is C43H35NS. The zero-order chi connectivity index (χ0) is 30.0. The Hall–Kier alpha value is -4.40. The van der Waals surface area contributed by atoms with Gasteiger partial charge in [-0.15, -0.1) is 11.3 Å². The third kappa shape index (κ3) is 3.49. The summed E-state index contributed by atoms with van der Waals surface area (Å²) in [6.45, 7) is 7.31. The molecule has 4 aliphatic carbocycles. The third-order valence-electron chi connectivity index (χ3n) is 11.3. The van der Waals surface area contributed by atoms with Crippen molar-refractivity contribution in [3.63, 3.8) is 0 Å². The van der Waals surface area contributed by atoms with E-state index < -0.39 is 0 Å². The highest BCUT2D eigenvalue weighted by Crippen LogP contribution is 2.57. The number of thiophene rings is 1. The zero-order valence-corrected chi connectivity index (χ0v) is 26.7. The van der Waals surface area contributed by atoms with Crippen LogP contribution in [0.25, 0.3) is 31.8 Å². The standard InChI is InChI=1S/C43H35NS/c1-25-20-34-36(43(2,3)35-18-17-32-31-13-7-9-15-40(31)45-42(32)41(34)35)24-39(25)44-37-14-8-6-12-30(37)33-23-28(16-19-38(33)44)29-21-26-10-4-5-11-27(26)22-29/h4-21,23-25,33,38-39H,22H2,1-3H3. The van der Waals surface area contributed by atoms with Gasteiger partial charge in [0.15, 0.2) is 0 Å². The number of nitrogens with zero attached hydrogens (tertiary/aromatic N) is 1. The average molecular weight is 598 g/mol. The Bertz CT molecular complexity index is 2270. The molecular weight excluding hydrogens is 563 g/mol. The molecule has 0 saturated heterocycles. The van der Waals surface area contributed by atoms with Crippen molar-refractivity contribution in [1.82, 2.24) is 0 Å². The fourth-order valence-corrected chi connectivity index (χ4v) is 10.4. The molecule has 45 heavy (non-hydrogen) atoms. The number of rotatable bonds is 2. The first-order valence-electron chi connectivity index (χ1n) is 16.4. The predicted molar refractivity (Wildman–Crippen MR) is 192 cm³/mol. The van der Waals surface area contributed by atoms with E-state index in [1.165, 1.54) is 76.0 Å². The van der Waals surface area contributed by atoms with Crippen molar-refractivity contribution in [2.24, 2.45) is 5.92 Å². The van der Waals surface area contributed by atoms with Gasteiger partial charge in [-0.25, -0.2) is 0 Å². The summed E-state index contributed by atoms with van der Waals surface area (Å²) in [6.07, 6.45) is 16.2. The topological polar surface area (TPSA) is 3.24 Å². The molecule has 4 aromatic carbocycles. The lowest BCUT2D eigenvalue weighted by molar-refractivity contribution is 0.520. The van der Waals surface area contributed by atoms with Crippen LogP contribution in [0.5, 0.6) is 0 Å². The molecule has 5 aromatic rings. The SMILES string of the molecule is CC1C=C2C(=CC1N1c3ccccc3C3C=C(C4=Cc5ccccc5C4)C=CC31)C(C)(C)c1ccc3c(sc4ccccc43)c12. The summed E-state index contributed by atoms with van der Waals surface area (Å²) >= 11 is 1.96. The lowest BCUT2D eigenvalue weighted by Gasteiger charge is -2.40. The van der Waals surface area contributed by atoms with Crippen molar-refractivity contribution in [2.45, 2.75) is 50.6 Å². The van der Waals surface area contributed by atoms with Crippen molar-refractivity contribution in [3.05, 3.63) is 160 Å². The van der Waals surface area contributed by atoms with E-state index in [0.717, 1.165) is 6.42 Å². The molecule has 10 rings (SSSR count). The second kappa shape index (κ2) is 9.08. The van der Waals surface area contributed by atoms with Crippen molar-refractivity contribution < 1.29 is 0 Å². The van der Waals surface area contributed by atoms with E-state index in [2.05, 4.69) is 147 Å². The van der Waals surface area contributed by atoms with Crippen LogP contribution in [0.15, 0.2) is 132 Å². The predicted octanol–water partition coefficient (Wildman–Crippen LogP) is 10.8. The molecule has 0 fully saturated rings. The minimum atomic E-state index is -0.0397. The van der Waals surface area contributed by atoms with Crippen LogP contribution in [0.2, 0.25) is 0 Å². The van der Waals surface area contributed by atoms with Crippen LogP contribution in [0.1, 0.15) is 54.5 Å². The smallest absolute Gasteiger partial charge is 0.0587 e. The molecule has 0 N–H and O–H groups in total. The molecule has 2 heteroatoms. The highest BCUT2D eigenvalue weighted by atomic mass is 32.1. The zero-order valence-electron chi connectivity index (χ0n) is 25.9. The number of hydrogen-bond acceptors (Lipinski definition) is 2. The Kier molecular flexibility index (Phi) is 5.22. The normalized spacial score (nSPS) is 25.3. The first kappa shape index (κ1) is 25.9. The van der Waals surface area contributed by atoms with Crippen molar-refractivity contribution >= 4 is 48.8 Å². The Labute approximate surface area is 269 Å². The number of para-hydroxylation sites is 1. The first-order valence-corrected chi connectivity index (χ1v) is 17.2. The summed E-state index contributed by atoms with van der Waals surface area (Å²) in [5.74, 6) is 0.738. The fourth-order valence-electron chi connectivity index (χ4n) is 9.10. The van der Waals surface area contributed by atoms with E-state index in [1.807, 2.05) is 11.3 Å². The van der Waals surface area contributed by atoms with Gasteiger partial charge in [0.2, 0.25) is 0 Å². The molecule has 4 atom stereocenters. The summed E-state index contributed by atoms with van der Waals surface area (Å²) in [4.78, 5) is 2.75.